The van der Waals surface area contributed by atoms with Crippen LogP contribution in [-0.2, 0) is 9.63 Å². The van der Waals surface area contributed by atoms with Crippen LogP contribution < -0.4 is 5.90 Å². The summed E-state index contributed by atoms with van der Waals surface area (Å²) in [4.78, 5) is 21.6. The first kappa shape index (κ1) is 11.0. The number of nitrogens with two attached hydrogens (primary N) is 1. The maximum absolute atomic E-state index is 11.1. The van der Waals surface area contributed by atoms with Gasteiger partial charge in [-0.1, -0.05) is 0 Å². The Hall–Kier alpha value is -1.10. The molecule has 1 aliphatic heterocycles. The third-order valence-corrected chi connectivity index (χ3v) is 2.73. The third kappa shape index (κ3) is 2.45. The molecule has 0 unspecified atom stereocenters. The van der Waals surface area contributed by atoms with Crippen LogP contribution in [0.2, 0.25) is 0 Å². The summed E-state index contributed by atoms with van der Waals surface area (Å²) in [6.45, 7) is 3.67. The summed E-state index contributed by atoms with van der Waals surface area (Å²) in [7, 11) is 1.77. The van der Waals surface area contributed by atoms with Crippen LogP contribution in [0.5, 0.6) is 0 Å². The van der Waals surface area contributed by atoms with Crippen molar-refractivity contribution in [3.05, 3.63) is 0 Å². The molecule has 80 valence electrons. The number of piperidine rings is 1. The van der Waals surface area contributed by atoms with Gasteiger partial charge in [-0.3, -0.25) is 9.79 Å². The number of carbonyl (C=O) groups is 1. The summed E-state index contributed by atoms with van der Waals surface area (Å²) in [5, 5.41) is 0. The highest BCUT2D eigenvalue weighted by molar-refractivity contribution is 5.80. The Morgan fingerprint density at radius 1 is 1.50 bits per heavy atom. The molecule has 2 N–H and O–H groups in total. The van der Waals surface area contributed by atoms with E-state index in [0.717, 1.165) is 31.8 Å². The fourth-order valence-corrected chi connectivity index (χ4v) is 1.68. The van der Waals surface area contributed by atoms with Crippen molar-refractivity contribution in [2.24, 2.45) is 16.8 Å². The molecule has 1 heterocycles. The van der Waals surface area contributed by atoms with Gasteiger partial charge < -0.3 is 9.74 Å². The summed E-state index contributed by atoms with van der Waals surface area (Å²) in [5.74, 6) is 5.52. The normalized spacial score (nSPS) is 19.6. The average Bonchev–Trinajstić information content (AvgIpc) is 2.27. The van der Waals surface area contributed by atoms with E-state index in [4.69, 9.17) is 5.90 Å². The van der Waals surface area contributed by atoms with E-state index in [0.29, 0.717) is 0 Å². The van der Waals surface area contributed by atoms with Crippen molar-refractivity contribution >= 4 is 11.8 Å². The summed E-state index contributed by atoms with van der Waals surface area (Å²) in [6.07, 6.45) is 1.59. The molecule has 0 amide bonds. The van der Waals surface area contributed by atoms with Crippen LogP contribution in [0.3, 0.4) is 0 Å². The van der Waals surface area contributed by atoms with Gasteiger partial charge in [-0.15, -0.1) is 0 Å². The molecule has 0 aromatic heterocycles. The van der Waals surface area contributed by atoms with E-state index in [1.54, 1.807) is 7.05 Å². The Labute approximate surface area is 83.9 Å². The fraction of sp³-hybridized carbons (Fsp3) is 0.778. The van der Waals surface area contributed by atoms with Gasteiger partial charge in [0.05, 0.1) is 11.8 Å². The molecular weight excluding hydrogens is 182 g/mol. The summed E-state index contributed by atoms with van der Waals surface area (Å²) < 4.78 is 0. The van der Waals surface area contributed by atoms with Crippen LogP contribution >= 0.6 is 0 Å². The highest BCUT2D eigenvalue weighted by Crippen LogP contribution is 2.18. The number of likely N-dealkylation sites (tertiary alicyclic amines) is 1. The molecule has 1 saturated heterocycles. The van der Waals surface area contributed by atoms with Crippen LogP contribution in [0, 0.1) is 5.92 Å². The molecule has 14 heavy (non-hydrogen) atoms. The summed E-state index contributed by atoms with van der Waals surface area (Å²) in [6, 6.07) is 0. The Kier molecular flexibility index (Phi) is 3.88. The quantitative estimate of drug-likeness (QED) is 0.371. The fourth-order valence-electron chi connectivity index (χ4n) is 1.68. The van der Waals surface area contributed by atoms with Crippen LogP contribution in [0.1, 0.15) is 19.8 Å². The number of rotatable bonds is 1. The van der Waals surface area contributed by atoms with Crippen LogP contribution in [0.15, 0.2) is 4.99 Å². The first-order valence-corrected chi connectivity index (χ1v) is 4.78. The van der Waals surface area contributed by atoms with E-state index in [1.807, 2.05) is 6.92 Å². The standard InChI is InChI=1S/C9H17N3O2/c1-7(11-2)12-5-3-8(4-6-12)9(13)14-10/h8H,3-6,10H2,1-2H3. The Morgan fingerprint density at radius 3 is 2.50 bits per heavy atom. The van der Waals surface area contributed by atoms with E-state index in [-0.39, 0.29) is 11.9 Å². The molecule has 0 atom stereocenters. The third-order valence-electron chi connectivity index (χ3n) is 2.73. The number of hydrogen-bond donors (Lipinski definition) is 1. The van der Waals surface area contributed by atoms with Gasteiger partial charge in [0.15, 0.2) is 0 Å². The molecule has 5 nitrogen and oxygen atoms in total. The van der Waals surface area contributed by atoms with E-state index < -0.39 is 0 Å². The van der Waals surface area contributed by atoms with E-state index in [2.05, 4.69) is 14.7 Å². The van der Waals surface area contributed by atoms with Crippen LogP contribution in [0.4, 0.5) is 0 Å². The number of aliphatic imine (C=N–C) groups is 1. The second-order valence-corrected chi connectivity index (χ2v) is 3.47. The lowest BCUT2D eigenvalue weighted by Gasteiger charge is -2.31. The van der Waals surface area contributed by atoms with Crippen LogP contribution in [0.25, 0.3) is 0 Å². The first-order valence-electron chi connectivity index (χ1n) is 4.78. The predicted octanol–water partition coefficient (Wildman–Crippen LogP) is 0.164. The van der Waals surface area contributed by atoms with Gasteiger partial charge >= 0.3 is 5.97 Å². The van der Waals surface area contributed by atoms with Gasteiger partial charge in [-0.2, -0.15) is 5.90 Å². The number of amidine groups is 1. The minimum absolute atomic E-state index is 0.0408. The van der Waals surface area contributed by atoms with Crippen molar-refractivity contribution in [3.63, 3.8) is 0 Å². The van der Waals surface area contributed by atoms with E-state index in [9.17, 15) is 4.79 Å². The van der Waals surface area contributed by atoms with Crippen molar-refractivity contribution < 1.29 is 9.63 Å². The molecule has 5 heteroatoms. The molecule has 0 spiro atoms. The zero-order chi connectivity index (χ0) is 10.6. The largest absolute Gasteiger partial charge is 0.373 e. The molecule has 1 fully saturated rings. The monoisotopic (exact) mass is 199 g/mol. The number of hydrogen-bond acceptors (Lipinski definition) is 4. The second-order valence-electron chi connectivity index (χ2n) is 3.47. The SMILES string of the molecule is CN=C(C)N1CCC(C(=O)ON)CC1. The molecule has 0 aromatic rings. The molecule has 0 radical (unpaired) electrons. The molecule has 1 aliphatic rings. The Balaban J connectivity index is 2.42. The summed E-state index contributed by atoms with van der Waals surface area (Å²) >= 11 is 0. The predicted molar refractivity (Wildman–Crippen MR) is 53.6 cm³/mol. The minimum atomic E-state index is -0.296. The molecule has 0 saturated carbocycles. The van der Waals surface area contributed by atoms with Gasteiger partial charge in [-0.25, -0.2) is 0 Å². The van der Waals surface area contributed by atoms with E-state index >= 15 is 0 Å². The highest BCUT2D eigenvalue weighted by Gasteiger charge is 2.26. The molecule has 0 aliphatic carbocycles. The lowest BCUT2D eigenvalue weighted by molar-refractivity contribution is -0.150. The molecule has 0 bridgehead atoms. The first-order chi connectivity index (χ1) is 6.69. The molecule has 1 rings (SSSR count). The second kappa shape index (κ2) is 4.95. The molecule has 0 aromatic carbocycles. The maximum atomic E-state index is 11.1. The zero-order valence-electron chi connectivity index (χ0n) is 8.69. The zero-order valence-corrected chi connectivity index (χ0v) is 8.69. The topological polar surface area (TPSA) is 67.9 Å². The maximum Gasteiger partial charge on any atom is 0.327 e. The minimum Gasteiger partial charge on any atom is -0.373 e. The van der Waals surface area contributed by atoms with Gasteiger partial charge in [0, 0.05) is 20.1 Å². The lowest BCUT2D eigenvalue weighted by Crippen LogP contribution is -2.40. The Bertz CT molecular complexity index is 232. The number of carbonyl (C=O) groups excluding carboxylic acids is 1. The Morgan fingerprint density at radius 2 is 2.07 bits per heavy atom. The van der Waals surface area contributed by atoms with Gasteiger partial charge in [0.25, 0.3) is 0 Å². The van der Waals surface area contributed by atoms with Crippen molar-refractivity contribution in [1.29, 1.82) is 0 Å². The van der Waals surface area contributed by atoms with Crippen molar-refractivity contribution in [2.45, 2.75) is 19.8 Å². The van der Waals surface area contributed by atoms with Gasteiger partial charge in [-0.05, 0) is 19.8 Å². The number of nitrogens with zero attached hydrogens (tertiary/aromatic N) is 2. The average molecular weight is 199 g/mol. The van der Waals surface area contributed by atoms with Gasteiger partial charge in [0.1, 0.15) is 0 Å². The van der Waals surface area contributed by atoms with Crippen molar-refractivity contribution in [2.75, 3.05) is 20.1 Å². The summed E-state index contributed by atoms with van der Waals surface area (Å²) in [5.41, 5.74) is 0. The highest BCUT2D eigenvalue weighted by atomic mass is 16.7. The van der Waals surface area contributed by atoms with Crippen LogP contribution in [-0.4, -0.2) is 36.8 Å². The van der Waals surface area contributed by atoms with E-state index in [1.165, 1.54) is 0 Å². The van der Waals surface area contributed by atoms with Gasteiger partial charge in [0.2, 0.25) is 0 Å². The molecular formula is C9H17N3O2. The lowest BCUT2D eigenvalue weighted by atomic mass is 9.97. The van der Waals surface area contributed by atoms with Crippen molar-refractivity contribution in [1.82, 2.24) is 4.90 Å². The van der Waals surface area contributed by atoms with Crippen molar-refractivity contribution in [3.8, 4) is 0 Å². The smallest absolute Gasteiger partial charge is 0.327 e.